The fraction of sp³-hybridized carbons (Fsp3) is 0.364. The van der Waals surface area contributed by atoms with Gasteiger partial charge in [0.15, 0.2) is 0 Å². The number of hydrogen-bond donors (Lipinski definition) is 3. The first-order chi connectivity index (χ1) is 14.2. The number of benzene rings is 2. The van der Waals surface area contributed by atoms with Gasteiger partial charge < -0.3 is 19.7 Å². The summed E-state index contributed by atoms with van der Waals surface area (Å²) in [5.74, 6) is -0.144. The molecule has 1 saturated heterocycles. The molecule has 3 rings (SSSR count). The average Bonchev–Trinajstić information content (AvgIpc) is 2.75. The zero-order chi connectivity index (χ0) is 20.5. The molecule has 1 atom stereocenters. The van der Waals surface area contributed by atoms with Gasteiger partial charge in [0.2, 0.25) is 0 Å². The Hall–Kier alpha value is -2.90. The Morgan fingerprint density at radius 1 is 1.07 bits per heavy atom. The third kappa shape index (κ3) is 6.30. The van der Waals surface area contributed by atoms with Gasteiger partial charge in [-0.2, -0.15) is 0 Å². The molecule has 0 spiro atoms. The number of rotatable bonds is 7. The zero-order valence-electron chi connectivity index (χ0n) is 16.6. The molecule has 1 aliphatic heterocycles. The van der Waals surface area contributed by atoms with Crippen LogP contribution in [0.3, 0.4) is 0 Å². The molecule has 29 heavy (non-hydrogen) atoms. The number of ether oxygens (including phenoxy) is 2. The van der Waals surface area contributed by atoms with Gasteiger partial charge in [0.25, 0.3) is 5.91 Å². The summed E-state index contributed by atoms with van der Waals surface area (Å²) in [4.78, 5) is 25.8. The summed E-state index contributed by atoms with van der Waals surface area (Å²) in [5.41, 5.74) is 2.20. The lowest BCUT2D eigenvalue weighted by atomic mass is 10.1. The summed E-state index contributed by atoms with van der Waals surface area (Å²) in [6.45, 7) is 6.23. The number of carbonyl (C=O) groups excluding carboxylic acids is 2. The predicted molar refractivity (Wildman–Crippen MR) is 110 cm³/mol. The number of carbonyl (C=O) groups is 2. The maximum atomic E-state index is 12.8. The third-order valence-corrected chi connectivity index (χ3v) is 4.87. The molecule has 1 aliphatic rings. The molecular weight excluding hydrogens is 370 g/mol. The normalized spacial score (nSPS) is 15.3. The monoisotopic (exact) mass is 398 g/mol. The van der Waals surface area contributed by atoms with Crippen LogP contribution in [0.5, 0.6) is 0 Å². The maximum Gasteiger partial charge on any atom is 0.411 e. The van der Waals surface area contributed by atoms with Crippen molar-refractivity contribution < 1.29 is 24.0 Å². The number of anilines is 1. The van der Waals surface area contributed by atoms with E-state index in [9.17, 15) is 9.59 Å². The van der Waals surface area contributed by atoms with Crippen molar-refractivity contribution in [1.82, 2.24) is 5.32 Å². The topological polar surface area (TPSA) is 81.1 Å². The van der Waals surface area contributed by atoms with E-state index in [0.29, 0.717) is 17.9 Å². The number of hydrogen-bond acceptors (Lipinski definition) is 4. The number of nitrogens with one attached hydrogen (secondary N) is 3. The molecule has 3 N–H and O–H groups in total. The maximum absolute atomic E-state index is 12.8. The van der Waals surface area contributed by atoms with Crippen molar-refractivity contribution in [2.45, 2.75) is 13.0 Å². The van der Waals surface area contributed by atoms with Crippen molar-refractivity contribution in [2.75, 3.05) is 44.8 Å². The van der Waals surface area contributed by atoms with Gasteiger partial charge in [-0.05, 0) is 36.8 Å². The van der Waals surface area contributed by atoms with Crippen LogP contribution in [0, 0.1) is 0 Å². The smallest absolute Gasteiger partial charge is 0.411 e. The summed E-state index contributed by atoms with van der Waals surface area (Å²) in [7, 11) is 0. The lowest BCUT2D eigenvalue weighted by molar-refractivity contribution is -0.909. The molecule has 0 unspecified atom stereocenters. The summed E-state index contributed by atoms with van der Waals surface area (Å²) >= 11 is 0. The average molecular weight is 398 g/mol. The van der Waals surface area contributed by atoms with Gasteiger partial charge in [-0.15, -0.1) is 0 Å². The summed E-state index contributed by atoms with van der Waals surface area (Å²) in [5, 5.41) is 5.79. The Kier molecular flexibility index (Phi) is 7.61. The Labute approximate surface area is 171 Å². The number of amides is 2. The minimum absolute atomic E-state index is 0.0888. The van der Waals surface area contributed by atoms with E-state index in [1.54, 1.807) is 31.2 Å². The Morgan fingerprint density at radius 2 is 1.76 bits per heavy atom. The zero-order valence-corrected chi connectivity index (χ0v) is 16.6. The second-order valence-electron chi connectivity index (χ2n) is 6.93. The van der Waals surface area contributed by atoms with E-state index in [2.05, 4.69) is 10.6 Å². The largest absolute Gasteiger partial charge is 0.450 e. The van der Waals surface area contributed by atoms with Crippen LogP contribution in [0.1, 0.15) is 28.9 Å². The Morgan fingerprint density at radius 3 is 2.41 bits per heavy atom. The highest BCUT2D eigenvalue weighted by atomic mass is 16.5. The van der Waals surface area contributed by atoms with Crippen molar-refractivity contribution in [3.8, 4) is 0 Å². The second-order valence-corrected chi connectivity index (χ2v) is 6.93. The molecule has 7 heteroatoms. The van der Waals surface area contributed by atoms with Gasteiger partial charge in [-0.3, -0.25) is 10.1 Å². The quantitative estimate of drug-likeness (QED) is 0.662. The molecule has 1 fully saturated rings. The van der Waals surface area contributed by atoms with Crippen molar-refractivity contribution in [1.29, 1.82) is 0 Å². The van der Waals surface area contributed by atoms with E-state index in [1.165, 1.54) is 4.90 Å². The van der Waals surface area contributed by atoms with Crippen LogP contribution < -0.4 is 15.5 Å². The fourth-order valence-corrected chi connectivity index (χ4v) is 3.32. The van der Waals surface area contributed by atoms with Gasteiger partial charge >= 0.3 is 6.09 Å². The molecule has 0 aromatic heterocycles. The molecule has 0 radical (unpaired) electrons. The lowest BCUT2D eigenvalue weighted by Crippen LogP contribution is -3.14. The predicted octanol–water partition coefficient (Wildman–Crippen LogP) is 1.64. The summed E-state index contributed by atoms with van der Waals surface area (Å²) in [6.07, 6.45) is -0.512. The highest BCUT2D eigenvalue weighted by Crippen LogP contribution is 2.14. The van der Waals surface area contributed by atoms with Crippen LogP contribution >= 0.6 is 0 Å². The first-order valence-electron chi connectivity index (χ1n) is 9.96. The number of quaternary nitrogens is 1. The van der Waals surface area contributed by atoms with Gasteiger partial charge in [0.05, 0.1) is 19.8 Å². The van der Waals surface area contributed by atoms with E-state index in [0.717, 1.165) is 38.4 Å². The van der Waals surface area contributed by atoms with E-state index in [-0.39, 0.29) is 11.9 Å². The van der Waals surface area contributed by atoms with Crippen molar-refractivity contribution in [3.63, 3.8) is 0 Å². The molecular formula is C22H28N3O4+. The molecule has 7 nitrogen and oxygen atoms in total. The molecule has 2 aromatic carbocycles. The van der Waals surface area contributed by atoms with Crippen LogP contribution in [-0.4, -0.2) is 51.5 Å². The minimum atomic E-state index is -0.512. The van der Waals surface area contributed by atoms with E-state index in [4.69, 9.17) is 9.47 Å². The molecule has 1 heterocycles. The molecule has 2 aromatic rings. The van der Waals surface area contributed by atoms with E-state index < -0.39 is 6.09 Å². The first-order valence-corrected chi connectivity index (χ1v) is 9.96. The van der Waals surface area contributed by atoms with E-state index >= 15 is 0 Å². The van der Waals surface area contributed by atoms with Crippen molar-refractivity contribution in [2.24, 2.45) is 0 Å². The summed E-state index contributed by atoms with van der Waals surface area (Å²) < 4.78 is 10.3. The van der Waals surface area contributed by atoms with Gasteiger partial charge in [-0.25, -0.2) is 4.79 Å². The molecule has 0 aliphatic carbocycles. The van der Waals surface area contributed by atoms with Gasteiger partial charge in [0, 0.05) is 11.3 Å². The SMILES string of the molecule is CCOC(=O)Nc1ccc(C(=O)N[C@@H](C[NH+]2CCOCC2)c2ccccc2)cc1. The Balaban J connectivity index is 1.66. The molecule has 0 saturated carbocycles. The minimum Gasteiger partial charge on any atom is -0.450 e. The molecule has 0 bridgehead atoms. The first kappa shape index (κ1) is 20.8. The highest BCUT2D eigenvalue weighted by Gasteiger charge is 2.23. The van der Waals surface area contributed by atoms with Gasteiger partial charge in [-0.1, -0.05) is 30.3 Å². The number of morpholine rings is 1. The molecule has 2 amide bonds. The molecule has 154 valence electrons. The van der Waals surface area contributed by atoms with Crippen LogP contribution in [0.15, 0.2) is 54.6 Å². The van der Waals surface area contributed by atoms with Crippen LogP contribution in [0.25, 0.3) is 0 Å². The Bertz CT molecular complexity index is 789. The lowest BCUT2D eigenvalue weighted by Gasteiger charge is -2.28. The highest BCUT2D eigenvalue weighted by molar-refractivity contribution is 5.95. The fourth-order valence-electron chi connectivity index (χ4n) is 3.32. The van der Waals surface area contributed by atoms with Crippen molar-refractivity contribution in [3.05, 3.63) is 65.7 Å². The third-order valence-electron chi connectivity index (χ3n) is 4.87. The van der Waals surface area contributed by atoms with Crippen LogP contribution in [0.2, 0.25) is 0 Å². The standard InChI is InChI=1S/C22H27N3O4/c1-2-29-22(27)23-19-10-8-18(9-11-19)21(26)24-20(17-6-4-3-5-7-17)16-25-12-14-28-15-13-25/h3-11,20H,2,12-16H2,1H3,(H,23,27)(H,24,26)/p+1/t20-/m0/s1. The van der Waals surface area contributed by atoms with E-state index in [1.807, 2.05) is 30.3 Å². The van der Waals surface area contributed by atoms with Crippen molar-refractivity contribution >= 4 is 17.7 Å². The van der Waals surface area contributed by atoms with Crippen LogP contribution in [0.4, 0.5) is 10.5 Å². The second kappa shape index (κ2) is 10.6. The van der Waals surface area contributed by atoms with Gasteiger partial charge in [0.1, 0.15) is 25.7 Å². The summed E-state index contributed by atoms with van der Waals surface area (Å²) in [6, 6.07) is 16.7. The van der Waals surface area contributed by atoms with Crippen LogP contribution in [-0.2, 0) is 9.47 Å².